The third kappa shape index (κ3) is 3.74. The molecule has 2 aromatic rings. The third-order valence-corrected chi connectivity index (χ3v) is 5.10. The van der Waals surface area contributed by atoms with Gasteiger partial charge in [0.05, 0.1) is 0 Å². The summed E-state index contributed by atoms with van der Waals surface area (Å²) < 4.78 is 20.5. The van der Waals surface area contributed by atoms with Crippen LogP contribution in [0.5, 0.6) is 0 Å². The van der Waals surface area contributed by atoms with Crippen LogP contribution in [0.15, 0.2) is 18.3 Å². The number of fused-ring (bicyclic) bond motifs is 1. The van der Waals surface area contributed by atoms with Gasteiger partial charge in [0.25, 0.3) is 0 Å². The molecule has 1 heterocycles. The Bertz CT molecular complexity index is 619. The van der Waals surface area contributed by atoms with Gasteiger partial charge in [-0.05, 0) is 0 Å². The van der Waals surface area contributed by atoms with E-state index < -0.39 is 13.9 Å². The molecule has 0 aliphatic carbocycles. The van der Waals surface area contributed by atoms with Gasteiger partial charge in [0.15, 0.2) is 0 Å². The molecule has 2 rings (SSSR count). The van der Waals surface area contributed by atoms with Gasteiger partial charge in [-0.15, -0.1) is 0 Å². The molecular weight excluding hydrogens is 275 g/mol. The summed E-state index contributed by atoms with van der Waals surface area (Å²) in [7, 11) is -1.36. The average molecular weight is 295 g/mol. The summed E-state index contributed by atoms with van der Waals surface area (Å²) in [5.41, 5.74) is 0.777. The van der Waals surface area contributed by atoms with Crippen LogP contribution >= 0.6 is 0 Å². The number of hydrogen-bond donors (Lipinski definition) is 0. The van der Waals surface area contributed by atoms with Gasteiger partial charge in [-0.2, -0.15) is 0 Å². The first-order valence-electron chi connectivity index (χ1n) is 6.87. The predicted octanol–water partition coefficient (Wildman–Crippen LogP) is 3.03. The molecule has 1 aromatic heterocycles. The van der Waals surface area contributed by atoms with Crippen molar-refractivity contribution in [3.05, 3.63) is 29.7 Å². The van der Waals surface area contributed by atoms with Crippen LogP contribution in [0.25, 0.3) is 10.9 Å². The van der Waals surface area contributed by atoms with Crippen LogP contribution < -0.4 is 0 Å². The fourth-order valence-electron chi connectivity index (χ4n) is 1.92. The van der Waals surface area contributed by atoms with Gasteiger partial charge in [0.1, 0.15) is 0 Å². The van der Waals surface area contributed by atoms with E-state index in [0.717, 1.165) is 6.04 Å². The number of nitrogens with zero attached hydrogens (tertiary/aromatic N) is 2. The van der Waals surface area contributed by atoms with Crippen molar-refractivity contribution in [2.45, 2.75) is 32.4 Å². The van der Waals surface area contributed by atoms with E-state index >= 15 is 0 Å². The van der Waals surface area contributed by atoms with Gasteiger partial charge in [0, 0.05) is 0 Å². The first kappa shape index (κ1) is 14.9. The summed E-state index contributed by atoms with van der Waals surface area (Å²) in [6, 6.07) is 3.68. The zero-order chi connectivity index (χ0) is 14.8. The first-order chi connectivity index (χ1) is 9.39. The standard InChI is InChI=1S/C14H20FN2O2Si/c1-20(2,3)5-4-19-10-17-8-11-6-13(15)7-12(9-18)14(11)16-17/h6-9,20H,4-5,10H2,1-3H3/q-1. The summed E-state index contributed by atoms with van der Waals surface area (Å²) >= 11 is 0. The average Bonchev–Trinajstić information content (AvgIpc) is 2.75. The summed E-state index contributed by atoms with van der Waals surface area (Å²) in [4.78, 5) is 10.9. The molecule has 0 amide bonds. The fourth-order valence-corrected chi connectivity index (χ4v) is 2.80. The molecule has 0 saturated heterocycles. The number of carbonyl (C=O) groups excluding carboxylic acids is 1. The van der Waals surface area contributed by atoms with Crippen LogP contribution in [0.2, 0.25) is 25.7 Å². The van der Waals surface area contributed by atoms with Crippen molar-refractivity contribution in [2.24, 2.45) is 0 Å². The quantitative estimate of drug-likeness (QED) is 0.467. The number of ether oxygens (including phenoxy) is 1. The topological polar surface area (TPSA) is 44.1 Å². The fraction of sp³-hybridized carbons (Fsp3) is 0.429. The van der Waals surface area contributed by atoms with Gasteiger partial charge in [-0.3, -0.25) is 0 Å². The van der Waals surface area contributed by atoms with Crippen LogP contribution in [0.1, 0.15) is 10.4 Å². The van der Waals surface area contributed by atoms with Crippen LogP contribution in [0.3, 0.4) is 0 Å². The SMILES string of the molecule is C[SiH-](C)(C)CCOCn1cc2cc(F)cc(C=O)c2n1. The molecular formula is C14H20FN2O2Si-. The van der Waals surface area contributed by atoms with E-state index in [0.29, 0.717) is 30.5 Å². The Morgan fingerprint density at radius 2 is 2.15 bits per heavy atom. The van der Waals surface area contributed by atoms with Crippen molar-refractivity contribution in [3.8, 4) is 0 Å². The van der Waals surface area contributed by atoms with Gasteiger partial charge >= 0.3 is 118 Å². The van der Waals surface area contributed by atoms with Crippen LogP contribution in [-0.4, -0.2) is 30.7 Å². The van der Waals surface area contributed by atoms with Crippen LogP contribution in [-0.2, 0) is 11.5 Å². The van der Waals surface area contributed by atoms with Crippen molar-refractivity contribution in [3.63, 3.8) is 0 Å². The number of aldehydes is 1. The first-order valence-corrected chi connectivity index (χ1v) is 11.2. The normalized spacial score (nSPS) is 12.8. The molecule has 110 valence electrons. The summed E-state index contributed by atoms with van der Waals surface area (Å²) in [5, 5.41) is 4.88. The van der Waals surface area contributed by atoms with E-state index in [4.69, 9.17) is 4.74 Å². The second-order valence-corrected chi connectivity index (χ2v) is 13.0. The third-order valence-electron chi connectivity index (χ3n) is 3.13. The molecule has 0 bridgehead atoms. The van der Waals surface area contributed by atoms with E-state index in [-0.39, 0.29) is 5.56 Å². The molecule has 0 aliphatic rings. The van der Waals surface area contributed by atoms with Gasteiger partial charge in [-0.1, -0.05) is 0 Å². The van der Waals surface area contributed by atoms with E-state index in [1.54, 1.807) is 10.9 Å². The molecule has 0 radical (unpaired) electrons. The molecule has 20 heavy (non-hydrogen) atoms. The zero-order valence-corrected chi connectivity index (χ0v) is 13.3. The molecule has 0 aliphatic heterocycles. The van der Waals surface area contributed by atoms with Gasteiger partial charge < -0.3 is 0 Å². The summed E-state index contributed by atoms with van der Waals surface area (Å²) in [6.07, 6.45) is 2.32. The Balaban J connectivity index is 2.07. The molecule has 6 heteroatoms. The molecule has 4 nitrogen and oxygen atoms in total. The molecule has 1 aromatic carbocycles. The van der Waals surface area contributed by atoms with Gasteiger partial charge in [0.2, 0.25) is 0 Å². The molecule has 0 N–H and O–H groups in total. The molecule has 0 saturated carbocycles. The minimum atomic E-state index is -1.36. The van der Waals surface area contributed by atoms with E-state index in [1.807, 2.05) is 0 Å². The van der Waals surface area contributed by atoms with Crippen molar-refractivity contribution >= 4 is 25.3 Å². The number of hydrogen-bond acceptors (Lipinski definition) is 3. The Hall–Kier alpha value is -1.53. The van der Waals surface area contributed by atoms with Crippen molar-refractivity contribution in [2.75, 3.05) is 6.61 Å². The van der Waals surface area contributed by atoms with Gasteiger partial charge in [-0.25, -0.2) is 0 Å². The Kier molecular flexibility index (Phi) is 4.34. The van der Waals surface area contributed by atoms with Crippen molar-refractivity contribution < 1.29 is 13.9 Å². The number of halogens is 1. The second-order valence-electron chi connectivity index (χ2n) is 6.50. The summed E-state index contributed by atoms with van der Waals surface area (Å²) in [5.74, 6) is -0.431. The van der Waals surface area contributed by atoms with E-state index in [1.165, 1.54) is 12.1 Å². The number of aromatic nitrogens is 2. The molecule has 0 spiro atoms. The summed E-state index contributed by atoms with van der Waals surface area (Å²) in [6.45, 7) is 7.98. The van der Waals surface area contributed by atoms with Crippen LogP contribution in [0, 0.1) is 5.82 Å². The number of benzene rings is 1. The van der Waals surface area contributed by atoms with Crippen LogP contribution in [0.4, 0.5) is 4.39 Å². The molecule has 0 fully saturated rings. The van der Waals surface area contributed by atoms with E-state index in [2.05, 4.69) is 24.7 Å². The Morgan fingerprint density at radius 3 is 2.80 bits per heavy atom. The maximum absolute atomic E-state index is 13.3. The number of carbonyl (C=O) groups is 1. The Morgan fingerprint density at radius 1 is 1.40 bits per heavy atom. The second kappa shape index (κ2) is 5.84. The molecule has 0 unspecified atom stereocenters. The van der Waals surface area contributed by atoms with Crippen molar-refractivity contribution in [1.29, 1.82) is 0 Å². The van der Waals surface area contributed by atoms with Crippen molar-refractivity contribution in [1.82, 2.24) is 9.78 Å². The Labute approximate surface area is 118 Å². The van der Waals surface area contributed by atoms with E-state index in [9.17, 15) is 9.18 Å². The molecule has 0 atom stereocenters. The minimum absolute atomic E-state index is 0.266. The predicted molar refractivity (Wildman–Crippen MR) is 80.6 cm³/mol. The number of rotatable bonds is 6. The monoisotopic (exact) mass is 295 g/mol. The maximum atomic E-state index is 13.3. The zero-order valence-electron chi connectivity index (χ0n) is 12.1.